The molecule has 0 unspecified atom stereocenters. The van der Waals surface area contributed by atoms with Gasteiger partial charge in [-0.3, -0.25) is 14.9 Å². The van der Waals surface area contributed by atoms with E-state index in [1.807, 2.05) is 0 Å². The molecule has 1 aromatic rings. The normalized spacial score (nSPS) is 27.8. The highest BCUT2D eigenvalue weighted by molar-refractivity contribution is 7.89. The Bertz CT molecular complexity index is 871. The van der Waals surface area contributed by atoms with Crippen molar-refractivity contribution in [1.82, 2.24) is 4.31 Å². The highest BCUT2D eigenvalue weighted by Crippen LogP contribution is 2.45. The standard InChI is InChI=1S/C20H28N2O6S/c1-3-28-20(23)13-15-11-14(2)12-18-16(15)7-6-10-21(18)29(26,27)19-9-5-4-8-17(19)22(24)25/h4-5,8-9,14-16,18H,3,6-7,10-13H2,1-2H3/t14-,15-,16-,18-/m1/s1. The van der Waals surface area contributed by atoms with Crippen LogP contribution < -0.4 is 0 Å². The smallest absolute Gasteiger partial charge is 0.306 e. The van der Waals surface area contributed by atoms with Gasteiger partial charge in [-0.1, -0.05) is 19.1 Å². The van der Waals surface area contributed by atoms with E-state index in [1.165, 1.54) is 28.6 Å². The van der Waals surface area contributed by atoms with E-state index in [2.05, 4.69) is 6.92 Å². The molecule has 2 fully saturated rings. The van der Waals surface area contributed by atoms with E-state index in [4.69, 9.17) is 4.74 Å². The molecule has 160 valence electrons. The van der Waals surface area contributed by atoms with Crippen molar-refractivity contribution in [2.45, 2.75) is 56.9 Å². The first-order valence-corrected chi connectivity index (χ1v) is 11.6. The van der Waals surface area contributed by atoms with Gasteiger partial charge in [0.2, 0.25) is 10.0 Å². The third-order valence-corrected chi connectivity index (χ3v) is 8.09. The van der Waals surface area contributed by atoms with E-state index < -0.39 is 20.6 Å². The average molecular weight is 425 g/mol. The van der Waals surface area contributed by atoms with Crippen LogP contribution in [0.1, 0.15) is 46.0 Å². The van der Waals surface area contributed by atoms with Gasteiger partial charge in [0.05, 0.1) is 11.5 Å². The van der Waals surface area contributed by atoms with Gasteiger partial charge in [0.1, 0.15) is 0 Å². The minimum absolute atomic E-state index is 0.0573. The van der Waals surface area contributed by atoms with Crippen LogP contribution in [0.5, 0.6) is 0 Å². The first-order valence-electron chi connectivity index (χ1n) is 10.2. The third-order valence-electron chi connectivity index (χ3n) is 6.12. The van der Waals surface area contributed by atoms with Crippen molar-refractivity contribution in [3.05, 3.63) is 34.4 Å². The highest BCUT2D eigenvalue weighted by atomic mass is 32.2. The molecule has 0 spiro atoms. The topological polar surface area (TPSA) is 107 Å². The summed E-state index contributed by atoms with van der Waals surface area (Å²) in [6.45, 7) is 4.51. The predicted octanol–water partition coefficient (Wildman–Crippen LogP) is 3.36. The zero-order valence-corrected chi connectivity index (χ0v) is 17.6. The molecule has 0 bridgehead atoms. The van der Waals surface area contributed by atoms with Gasteiger partial charge in [-0.25, -0.2) is 8.42 Å². The Labute approximate surface area is 171 Å². The van der Waals surface area contributed by atoms with Gasteiger partial charge in [-0.15, -0.1) is 0 Å². The number of ether oxygens (including phenoxy) is 1. The van der Waals surface area contributed by atoms with Crippen molar-refractivity contribution in [3.8, 4) is 0 Å². The van der Waals surface area contributed by atoms with Gasteiger partial charge in [-0.2, -0.15) is 4.31 Å². The second kappa shape index (κ2) is 8.79. The van der Waals surface area contributed by atoms with Crippen LogP contribution in [-0.2, 0) is 19.6 Å². The van der Waals surface area contributed by atoms with Crippen molar-refractivity contribution in [1.29, 1.82) is 0 Å². The fourth-order valence-electron chi connectivity index (χ4n) is 5.02. The van der Waals surface area contributed by atoms with E-state index >= 15 is 0 Å². The molecule has 4 atom stereocenters. The number of nitro groups is 1. The average Bonchev–Trinajstić information content (AvgIpc) is 2.67. The number of esters is 1. The molecule has 0 amide bonds. The molecule has 1 aliphatic heterocycles. The number of rotatable bonds is 6. The largest absolute Gasteiger partial charge is 0.466 e. The zero-order chi connectivity index (χ0) is 21.2. The lowest BCUT2D eigenvalue weighted by atomic mass is 9.67. The number of hydrogen-bond acceptors (Lipinski definition) is 6. The molecular weight excluding hydrogens is 396 g/mol. The third kappa shape index (κ3) is 4.45. The molecule has 1 aliphatic carbocycles. The van der Waals surface area contributed by atoms with Crippen LogP contribution in [0.4, 0.5) is 5.69 Å². The maximum Gasteiger partial charge on any atom is 0.306 e. The molecule has 1 heterocycles. The van der Waals surface area contributed by atoms with Gasteiger partial charge in [0.15, 0.2) is 4.90 Å². The number of para-hydroxylation sites is 1. The Morgan fingerprint density at radius 2 is 2.03 bits per heavy atom. The van der Waals surface area contributed by atoms with Gasteiger partial charge >= 0.3 is 5.97 Å². The molecule has 8 nitrogen and oxygen atoms in total. The van der Waals surface area contributed by atoms with Crippen molar-refractivity contribution in [3.63, 3.8) is 0 Å². The number of sulfonamides is 1. The minimum Gasteiger partial charge on any atom is -0.466 e. The number of carbonyl (C=O) groups is 1. The molecule has 2 aliphatic rings. The van der Waals surface area contributed by atoms with Crippen LogP contribution in [0.2, 0.25) is 0 Å². The lowest BCUT2D eigenvalue weighted by Crippen LogP contribution is -2.53. The van der Waals surface area contributed by atoms with Gasteiger partial charge < -0.3 is 4.74 Å². The van der Waals surface area contributed by atoms with E-state index in [0.29, 0.717) is 32.4 Å². The number of hydrogen-bond donors (Lipinski definition) is 0. The van der Waals surface area contributed by atoms with E-state index in [1.54, 1.807) is 6.92 Å². The molecule has 0 N–H and O–H groups in total. The lowest BCUT2D eigenvalue weighted by Gasteiger charge is -2.48. The van der Waals surface area contributed by atoms with Crippen molar-refractivity contribution in [2.24, 2.45) is 17.8 Å². The molecule has 29 heavy (non-hydrogen) atoms. The second-order valence-electron chi connectivity index (χ2n) is 8.06. The first kappa shape index (κ1) is 21.7. The van der Waals surface area contributed by atoms with E-state index in [-0.39, 0.29) is 34.7 Å². The fraction of sp³-hybridized carbons (Fsp3) is 0.650. The summed E-state index contributed by atoms with van der Waals surface area (Å²) >= 11 is 0. The van der Waals surface area contributed by atoms with Gasteiger partial charge in [0, 0.05) is 25.1 Å². The number of nitro benzene ring substituents is 1. The summed E-state index contributed by atoms with van der Waals surface area (Å²) in [4.78, 5) is 22.6. The minimum atomic E-state index is -4.02. The van der Waals surface area contributed by atoms with Gasteiger partial charge in [-0.05, 0) is 56.4 Å². The van der Waals surface area contributed by atoms with Crippen LogP contribution in [0.3, 0.4) is 0 Å². The van der Waals surface area contributed by atoms with E-state index in [0.717, 1.165) is 12.8 Å². The van der Waals surface area contributed by atoms with E-state index in [9.17, 15) is 23.3 Å². The Morgan fingerprint density at radius 1 is 1.31 bits per heavy atom. The molecule has 3 rings (SSSR count). The Balaban J connectivity index is 1.93. The van der Waals surface area contributed by atoms with Crippen LogP contribution in [0.15, 0.2) is 29.2 Å². The van der Waals surface area contributed by atoms with Gasteiger partial charge in [0.25, 0.3) is 5.69 Å². The second-order valence-corrected chi connectivity index (χ2v) is 9.92. The van der Waals surface area contributed by atoms with Crippen molar-refractivity contribution in [2.75, 3.05) is 13.2 Å². The zero-order valence-electron chi connectivity index (χ0n) is 16.8. The van der Waals surface area contributed by atoms with Crippen LogP contribution in [0, 0.1) is 27.9 Å². The lowest BCUT2D eigenvalue weighted by molar-refractivity contribution is -0.387. The monoisotopic (exact) mass is 424 g/mol. The van der Waals surface area contributed by atoms with Crippen LogP contribution in [-0.4, -0.2) is 42.8 Å². The summed E-state index contributed by atoms with van der Waals surface area (Å²) in [6.07, 6.45) is 3.38. The van der Waals surface area contributed by atoms with Crippen LogP contribution in [0.25, 0.3) is 0 Å². The summed E-state index contributed by atoms with van der Waals surface area (Å²) < 4.78 is 33.4. The highest BCUT2D eigenvalue weighted by Gasteiger charge is 2.47. The number of piperidine rings is 1. The first-order chi connectivity index (χ1) is 13.8. The molecule has 1 saturated carbocycles. The molecular formula is C20H28N2O6S. The van der Waals surface area contributed by atoms with Crippen LogP contribution >= 0.6 is 0 Å². The molecule has 9 heteroatoms. The van der Waals surface area contributed by atoms with Crippen molar-refractivity contribution >= 4 is 21.7 Å². The SMILES string of the molecule is CCOC(=O)C[C@H]1C[C@@H](C)C[C@@H]2[C@@H]1CCCN2S(=O)(=O)c1ccccc1[N+](=O)[O-]. The molecule has 0 aromatic heterocycles. The predicted molar refractivity (Wildman–Crippen MR) is 107 cm³/mol. The maximum atomic E-state index is 13.4. The Morgan fingerprint density at radius 3 is 2.72 bits per heavy atom. The van der Waals surface area contributed by atoms with Crippen molar-refractivity contribution < 1.29 is 22.9 Å². The molecule has 1 aromatic carbocycles. The maximum absolute atomic E-state index is 13.4. The number of benzene rings is 1. The molecule has 1 saturated heterocycles. The number of carbonyl (C=O) groups excluding carboxylic acids is 1. The summed E-state index contributed by atoms with van der Waals surface area (Å²) in [5, 5.41) is 11.4. The quantitative estimate of drug-likeness (QED) is 0.394. The molecule has 0 radical (unpaired) electrons. The fourth-order valence-corrected chi connectivity index (χ4v) is 6.89. The summed E-state index contributed by atoms with van der Waals surface area (Å²) in [7, 11) is -4.02. The number of fused-ring (bicyclic) bond motifs is 1. The summed E-state index contributed by atoms with van der Waals surface area (Å²) in [6, 6.07) is 5.25. The summed E-state index contributed by atoms with van der Waals surface area (Å²) in [5.41, 5.74) is -0.401. The Hall–Kier alpha value is -2.00. The number of nitrogens with zero attached hydrogens (tertiary/aromatic N) is 2. The Kier molecular flexibility index (Phi) is 6.58. The summed E-state index contributed by atoms with van der Waals surface area (Å²) in [5.74, 6) is 0.134.